The first kappa shape index (κ1) is 15.6. The number of nitrogens with one attached hydrogen (secondary N) is 2. The van der Waals surface area contributed by atoms with Gasteiger partial charge in [0.05, 0.1) is 6.04 Å². The van der Waals surface area contributed by atoms with Crippen molar-refractivity contribution in [1.29, 1.82) is 0 Å². The van der Waals surface area contributed by atoms with Gasteiger partial charge in [0.2, 0.25) is 5.91 Å². The van der Waals surface area contributed by atoms with E-state index in [1.54, 1.807) is 18.7 Å². The first-order chi connectivity index (χ1) is 8.33. The van der Waals surface area contributed by atoms with Crippen molar-refractivity contribution in [1.82, 2.24) is 10.6 Å². The summed E-state index contributed by atoms with van der Waals surface area (Å²) in [6.07, 6.45) is 0.821. The molecule has 106 valence electrons. The zero-order chi connectivity index (χ0) is 13.8. The minimum absolute atomic E-state index is 0.214. The van der Waals surface area contributed by atoms with E-state index < -0.39 is 24.7 Å². The van der Waals surface area contributed by atoms with Crippen molar-refractivity contribution in [3.8, 4) is 0 Å². The summed E-state index contributed by atoms with van der Waals surface area (Å²) in [7, 11) is 0. The molecule has 0 bridgehead atoms. The Morgan fingerprint density at radius 2 is 2.11 bits per heavy atom. The Bertz CT molecular complexity index is 286. The van der Waals surface area contributed by atoms with Crippen LogP contribution in [0.15, 0.2) is 0 Å². The Kier molecular flexibility index (Phi) is 5.78. The molecule has 0 aromatic rings. The number of hydrogen-bond acceptors (Lipinski definition) is 3. The van der Waals surface area contributed by atoms with Gasteiger partial charge < -0.3 is 10.6 Å². The SMILES string of the molecule is CSC1CCCC1NC(C)C(=O)NCC(F)(F)F. The van der Waals surface area contributed by atoms with Crippen molar-refractivity contribution in [2.24, 2.45) is 0 Å². The lowest BCUT2D eigenvalue weighted by atomic mass is 10.2. The van der Waals surface area contributed by atoms with Crippen LogP contribution in [0.2, 0.25) is 0 Å². The van der Waals surface area contributed by atoms with E-state index in [1.165, 1.54) is 0 Å². The average molecular weight is 284 g/mol. The number of halogens is 3. The summed E-state index contributed by atoms with van der Waals surface area (Å²) >= 11 is 1.74. The Morgan fingerprint density at radius 3 is 2.67 bits per heavy atom. The number of carbonyl (C=O) groups is 1. The molecule has 0 saturated heterocycles. The molecule has 0 heterocycles. The zero-order valence-corrected chi connectivity index (χ0v) is 11.3. The van der Waals surface area contributed by atoms with Crippen molar-refractivity contribution in [2.45, 2.75) is 49.7 Å². The summed E-state index contributed by atoms with van der Waals surface area (Å²) in [5.41, 5.74) is 0. The van der Waals surface area contributed by atoms with Crippen LogP contribution in [0.4, 0.5) is 13.2 Å². The third kappa shape index (κ3) is 5.06. The van der Waals surface area contributed by atoms with E-state index >= 15 is 0 Å². The first-order valence-electron chi connectivity index (χ1n) is 5.97. The molecule has 7 heteroatoms. The molecule has 18 heavy (non-hydrogen) atoms. The number of rotatable bonds is 5. The van der Waals surface area contributed by atoms with E-state index in [2.05, 4.69) is 5.32 Å². The van der Waals surface area contributed by atoms with E-state index in [0.29, 0.717) is 5.25 Å². The molecule has 2 N–H and O–H groups in total. The highest BCUT2D eigenvalue weighted by molar-refractivity contribution is 7.99. The molecule has 3 unspecified atom stereocenters. The summed E-state index contributed by atoms with van der Waals surface area (Å²) in [4.78, 5) is 11.5. The first-order valence-corrected chi connectivity index (χ1v) is 7.25. The lowest BCUT2D eigenvalue weighted by Crippen LogP contribution is -2.49. The maximum atomic E-state index is 12.0. The van der Waals surface area contributed by atoms with Crippen LogP contribution in [0.25, 0.3) is 0 Å². The molecule has 3 atom stereocenters. The normalized spacial score (nSPS) is 26.1. The fourth-order valence-corrected chi connectivity index (χ4v) is 3.08. The van der Waals surface area contributed by atoms with Gasteiger partial charge in [-0.25, -0.2) is 0 Å². The van der Waals surface area contributed by atoms with Gasteiger partial charge in [-0.1, -0.05) is 6.42 Å². The third-order valence-electron chi connectivity index (χ3n) is 3.08. The Morgan fingerprint density at radius 1 is 1.44 bits per heavy atom. The molecule has 1 aliphatic rings. The molecule has 0 aliphatic heterocycles. The van der Waals surface area contributed by atoms with E-state index in [9.17, 15) is 18.0 Å². The predicted octanol–water partition coefficient (Wildman–Crippen LogP) is 1.93. The summed E-state index contributed by atoms with van der Waals surface area (Å²) in [6, 6.07) is -0.378. The van der Waals surface area contributed by atoms with Crippen LogP contribution in [0, 0.1) is 0 Å². The van der Waals surface area contributed by atoms with Crippen molar-refractivity contribution >= 4 is 17.7 Å². The monoisotopic (exact) mass is 284 g/mol. The topological polar surface area (TPSA) is 41.1 Å². The summed E-state index contributed by atoms with van der Waals surface area (Å²) in [5, 5.41) is 5.46. The largest absolute Gasteiger partial charge is 0.405 e. The summed E-state index contributed by atoms with van der Waals surface area (Å²) in [5.74, 6) is -0.598. The van der Waals surface area contributed by atoms with E-state index in [0.717, 1.165) is 19.3 Å². The fraction of sp³-hybridized carbons (Fsp3) is 0.909. The van der Waals surface area contributed by atoms with Gasteiger partial charge in [-0.05, 0) is 26.0 Å². The second kappa shape index (κ2) is 6.65. The molecule has 0 aromatic carbocycles. The molecule has 0 radical (unpaired) electrons. The minimum Gasteiger partial charge on any atom is -0.346 e. The van der Waals surface area contributed by atoms with Crippen LogP contribution >= 0.6 is 11.8 Å². The van der Waals surface area contributed by atoms with Crippen molar-refractivity contribution in [2.75, 3.05) is 12.8 Å². The number of hydrogen-bond donors (Lipinski definition) is 2. The molecule has 1 aliphatic carbocycles. The highest BCUT2D eigenvalue weighted by atomic mass is 32.2. The molecule has 1 amide bonds. The predicted molar refractivity (Wildman–Crippen MR) is 66.6 cm³/mol. The highest BCUT2D eigenvalue weighted by Gasteiger charge is 2.31. The van der Waals surface area contributed by atoms with Crippen LogP contribution in [0.5, 0.6) is 0 Å². The van der Waals surface area contributed by atoms with Crippen LogP contribution in [-0.4, -0.2) is 42.2 Å². The van der Waals surface area contributed by atoms with Gasteiger partial charge >= 0.3 is 6.18 Å². The van der Waals surface area contributed by atoms with Gasteiger partial charge in [-0.2, -0.15) is 24.9 Å². The number of thioether (sulfide) groups is 1. The van der Waals surface area contributed by atoms with Crippen LogP contribution in [-0.2, 0) is 4.79 Å². The quantitative estimate of drug-likeness (QED) is 0.810. The maximum absolute atomic E-state index is 12.0. The van der Waals surface area contributed by atoms with Crippen molar-refractivity contribution in [3.05, 3.63) is 0 Å². The molecular formula is C11H19F3N2OS. The van der Waals surface area contributed by atoms with E-state index in [1.807, 2.05) is 11.6 Å². The molecule has 1 rings (SSSR count). The maximum Gasteiger partial charge on any atom is 0.405 e. The standard InChI is InChI=1S/C11H19F3N2OS/c1-7(10(17)15-6-11(12,13)14)16-8-4-3-5-9(8)18-2/h7-9,16H,3-6H2,1-2H3,(H,15,17). The summed E-state index contributed by atoms with van der Waals surface area (Å²) in [6.45, 7) is 0.329. The van der Waals surface area contributed by atoms with E-state index in [4.69, 9.17) is 0 Å². The van der Waals surface area contributed by atoms with Gasteiger partial charge in [0.15, 0.2) is 0 Å². The third-order valence-corrected chi connectivity index (χ3v) is 4.25. The zero-order valence-electron chi connectivity index (χ0n) is 10.5. The van der Waals surface area contributed by atoms with E-state index in [-0.39, 0.29) is 6.04 Å². The fourth-order valence-electron chi connectivity index (χ4n) is 2.14. The van der Waals surface area contributed by atoms with Gasteiger partial charge in [-0.15, -0.1) is 0 Å². The van der Waals surface area contributed by atoms with Crippen molar-refractivity contribution < 1.29 is 18.0 Å². The Hall–Kier alpha value is -0.430. The molecule has 0 aromatic heterocycles. The second-order valence-corrected chi connectivity index (χ2v) is 5.61. The van der Waals surface area contributed by atoms with Crippen LogP contribution in [0.1, 0.15) is 26.2 Å². The number of carbonyl (C=O) groups excluding carboxylic acids is 1. The van der Waals surface area contributed by atoms with Gasteiger partial charge in [0, 0.05) is 11.3 Å². The average Bonchev–Trinajstić information content (AvgIpc) is 2.72. The molecule has 1 fully saturated rings. The Balaban J connectivity index is 2.35. The minimum atomic E-state index is -4.36. The van der Waals surface area contributed by atoms with Crippen LogP contribution in [0.3, 0.4) is 0 Å². The van der Waals surface area contributed by atoms with Gasteiger partial charge in [0.25, 0.3) is 0 Å². The van der Waals surface area contributed by atoms with Crippen molar-refractivity contribution in [3.63, 3.8) is 0 Å². The Labute approximate surface area is 109 Å². The smallest absolute Gasteiger partial charge is 0.346 e. The molecular weight excluding hydrogens is 265 g/mol. The number of amides is 1. The molecule has 0 spiro atoms. The van der Waals surface area contributed by atoms with Crippen LogP contribution < -0.4 is 10.6 Å². The molecule has 3 nitrogen and oxygen atoms in total. The second-order valence-electron chi connectivity index (χ2n) is 4.53. The van der Waals surface area contributed by atoms with Gasteiger partial charge in [0.1, 0.15) is 6.54 Å². The lowest BCUT2D eigenvalue weighted by Gasteiger charge is -2.23. The summed E-state index contributed by atoms with van der Waals surface area (Å²) < 4.78 is 35.9. The number of alkyl halides is 3. The lowest BCUT2D eigenvalue weighted by molar-refractivity contribution is -0.139. The van der Waals surface area contributed by atoms with Gasteiger partial charge in [-0.3, -0.25) is 4.79 Å². The molecule has 1 saturated carbocycles. The highest BCUT2D eigenvalue weighted by Crippen LogP contribution is 2.28.